The Morgan fingerprint density at radius 2 is 1.50 bits per heavy atom. The average Bonchev–Trinajstić information content (AvgIpc) is 2.47. The van der Waals surface area contributed by atoms with Gasteiger partial charge in [0.05, 0.1) is 5.54 Å². The molecule has 1 aromatic carbocycles. The summed E-state index contributed by atoms with van der Waals surface area (Å²) in [6.07, 6.45) is 0.379. The maximum atomic E-state index is 12.7. The topological polar surface area (TPSA) is 64.4 Å². The van der Waals surface area contributed by atoms with Crippen LogP contribution in [0.3, 0.4) is 0 Å². The summed E-state index contributed by atoms with van der Waals surface area (Å²) >= 11 is 4.58. The Morgan fingerprint density at radius 1 is 1.04 bits per heavy atom. The number of hydrogen-bond donors (Lipinski definition) is 3. The minimum absolute atomic E-state index is 0.209. The minimum Gasteiger partial charge on any atom is -0.488 e. The van der Waals surface area contributed by atoms with Gasteiger partial charge in [0.15, 0.2) is 0 Å². The molecule has 1 aromatic rings. The van der Waals surface area contributed by atoms with Gasteiger partial charge in [-0.3, -0.25) is 4.79 Å². The largest absolute Gasteiger partial charge is 0.488 e. The van der Waals surface area contributed by atoms with Crippen molar-refractivity contribution in [3.05, 3.63) is 30.3 Å². The van der Waals surface area contributed by atoms with E-state index in [0.29, 0.717) is 6.42 Å². The molecule has 0 aliphatic carbocycles. The summed E-state index contributed by atoms with van der Waals surface area (Å²) in [4.78, 5) is 12.7. The highest BCUT2D eigenvalue weighted by molar-refractivity contribution is 7.81. The van der Waals surface area contributed by atoms with E-state index in [1.165, 1.54) is 0 Å². The fourth-order valence-electron chi connectivity index (χ4n) is 2.39. The lowest BCUT2D eigenvalue weighted by molar-refractivity contribution is -0.129. The molecule has 4 nitrogen and oxygen atoms in total. The lowest BCUT2D eigenvalue weighted by atomic mass is 9.84. The van der Waals surface area contributed by atoms with Crippen molar-refractivity contribution in [2.24, 2.45) is 5.73 Å². The van der Waals surface area contributed by atoms with Crippen molar-refractivity contribution in [2.45, 2.75) is 90.2 Å². The maximum Gasteiger partial charge on any atom is 0.240 e. The van der Waals surface area contributed by atoms with E-state index in [-0.39, 0.29) is 10.7 Å². The van der Waals surface area contributed by atoms with E-state index in [9.17, 15) is 4.79 Å². The third kappa shape index (κ3) is 7.58. The number of carbonyl (C=O) groups excluding carboxylic acids is 1. The number of rotatable bonds is 7. The van der Waals surface area contributed by atoms with Crippen LogP contribution in [0, 0.1) is 0 Å². The second kappa shape index (κ2) is 9.14. The van der Waals surface area contributed by atoms with Crippen LogP contribution in [0.15, 0.2) is 30.3 Å². The zero-order valence-electron chi connectivity index (χ0n) is 17.9. The number of thiol groups is 1. The molecule has 0 aliphatic heterocycles. The second-order valence-corrected chi connectivity index (χ2v) is 9.53. The number of para-hydroxylation sites is 1. The van der Waals surface area contributed by atoms with Crippen LogP contribution in [0.1, 0.15) is 68.7 Å². The molecule has 0 saturated heterocycles. The average molecular weight is 383 g/mol. The van der Waals surface area contributed by atoms with Crippen molar-refractivity contribution in [1.82, 2.24) is 5.32 Å². The number of carbonyl (C=O) groups is 1. The van der Waals surface area contributed by atoms with E-state index < -0.39 is 16.7 Å². The van der Waals surface area contributed by atoms with Gasteiger partial charge < -0.3 is 15.8 Å². The number of nitrogens with one attached hydrogen (secondary N) is 1. The summed E-state index contributed by atoms with van der Waals surface area (Å²) in [5.74, 6) is 0.551. The highest BCUT2D eigenvalue weighted by atomic mass is 32.1. The molecule has 1 rings (SSSR count). The summed E-state index contributed by atoms with van der Waals surface area (Å²) in [7, 11) is 0. The molecule has 0 heterocycles. The monoisotopic (exact) mass is 382 g/mol. The first-order valence-electron chi connectivity index (χ1n) is 9.24. The number of amides is 1. The Morgan fingerprint density at radius 3 is 1.92 bits per heavy atom. The Bertz CT molecular complexity index is 561. The van der Waals surface area contributed by atoms with Crippen LogP contribution in [0.5, 0.6) is 5.75 Å². The number of ether oxygens (including phenoxy) is 1. The summed E-state index contributed by atoms with van der Waals surface area (Å²) < 4.78 is 5.63. The van der Waals surface area contributed by atoms with Crippen LogP contribution in [-0.2, 0) is 4.79 Å². The molecule has 5 heteroatoms. The second-order valence-electron chi connectivity index (χ2n) is 8.41. The number of benzene rings is 1. The van der Waals surface area contributed by atoms with Crippen molar-refractivity contribution in [2.75, 3.05) is 0 Å². The zero-order valence-corrected chi connectivity index (χ0v) is 18.8. The molecule has 1 unspecified atom stereocenters. The predicted molar refractivity (Wildman–Crippen MR) is 115 cm³/mol. The Balaban J connectivity index is 0.00000301. The van der Waals surface area contributed by atoms with Crippen LogP contribution >= 0.6 is 12.6 Å². The molecule has 0 aromatic heterocycles. The standard InChI is InChI=1S/C19H32N2O2S.C2H6/c1-16(2,23-14-11-9-8-10-12-14)13-19(7,20)15(22)21-17(3,4)18(5,6)24;1-2/h8-12,24H,13,20H2,1-7H3,(H,21,22);1-2H3. The maximum absolute atomic E-state index is 12.7. The molecular formula is C21H38N2O2S. The van der Waals surface area contributed by atoms with E-state index >= 15 is 0 Å². The van der Waals surface area contributed by atoms with Gasteiger partial charge in [0.2, 0.25) is 5.91 Å². The van der Waals surface area contributed by atoms with E-state index in [1.807, 2.05) is 85.7 Å². The molecule has 1 amide bonds. The van der Waals surface area contributed by atoms with E-state index in [2.05, 4.69) is 17.9 Å². The molecule has 150 valence electrons. The van der Waals surface area contributed by atoms with Gasteiger partial charge in [0.1, 0.15) is 11.4 Å². The molecule has 1 atom stereocenters. The summed E-state index contributed by atoms with van der Waals surface area (Å²) in [6, 6.07) is 9.54. The van der Waals surface area contributed by atoms with Gasteiger partial charge in [0, 0.05) is 16.7 Å². The third-order valence-corrected chi connectivity index (χ3v) is 4.96. The van der Waals surface area contributed by atoms with Crippen LogP contribution < -0.4 is 15.8 Å². The van der Waals surface area contributed by atoms with Crippen molar-refractivity contribution < 1.29 is 9.53 Å². The molecule has 0 bridgehead atoms. The van der Waals surface area contributed by atoms with Crippen molar-refractivity contribution in [3.8, 4) is 5.75 Å². The predicted octanol–water partition coefficient (Wildman–Crippen LogP) is 4.58. The van der Waals surface area contributed by atoms with Gasteiger partial charge in [-0.05, 0) is 60.6 Å². The molecule has 0 fully saturated rings. The van der Waals surface area contributed by atoms with Crippen LogP contribution in [0.25, 0.3) is 0 Å². The zero-order chi connectivity index (χ0) is 20.8. The minimum atomic E-state index is -1.06. The van der Waals surface area contributed by atoms with Crippen molar-refractivity contribution in [1.29, 1.82) is 0 Å². The Labute approximate surface area is 165 Å². The normalized spacial score (nSPS) is 14.6. The van der Waals surface area contributed by atoms with Gasteiger partial charge in [0.25, 0.3) is 0 Å². The first kappa shape index (κ1) is 24.8. The van der Waals surface area contributed by atoms with E-state index in [4.69, 9.17) is 10.5 Å². The molecule has 0 spiro atoms. The third-order valence-electron chi connectivity index (χ3n) is 4.40. The molecule has 0 saturated carbocycles. The van der Waals surface area contributed by atoms with E-state index in [0.717, 1.165) is 5.75 Å². The van der Waals surface area contributed by atoms with Gasteiger partial charge in [-0.15, -0.1) is 0 Å². The van der Waals surface area contributed by atoms with Crippen LogP contribution in [0.4, 0.5) is 0 Å². The lowest BCUT2D eigenvalue weighted by Crippen LogP contribution is -2.63. The van der Waals surface area contributed by atoms with Crippen LogP contribution in [0.2, 0.25) is 0 Å². The molecule has 0 radical (unpaired) electrons. The number of hydrogen-bond acceptors (Lipinski definition) is 4. The summed E-state index contributed by atoms with van der Waals surface area (Å²) in [5, 5.41) is 3.03. The van der Waals surface area contributed by atoms with E-state index in [1.54, 1.807) is 6.92 Å². The smallest absolute Gasteiger partial charge is 0.240 e. The molecule has 0 aliphatic rings. The quantitative estimate of drug-likeness (QED) is 0.605. The first-order valence-corrected chi connectivity index (χ1v) is 9.69. The van der Waals surface area contributed by atoms with Crippen LogP contribution in [-0.4, -0.2) is 27.3 Å². The first-order chi connectivity index (χ1) is 11.7. The molecule has 26 heavy (non-hydrogen) atoms. The fourth-order valence-corrected chi connectivity index (χ4v) is 2.44. The molecule has 3 N–H and O–H groups in total. The Kier molecular flexibility index (Phi) is 8.71. The number of nitrogens with two attached hydrogens (primary N) is 1. The van der Waals surface area contributed by atoms with Gasteiger partial charge in [-0.1, -0.05) is 32.0 Å². The van der Waals surface area contributed by atoms with Crippen molar-refractivity contribution in [3.63, 3.8) is 0 Å². The Hall–Kier alpha value is -1.20. The van der Waals surface area contributed by atoms with Crippen molar-refractivity contribution >= 4 is 18.5 Å². The van der Waals surface area contributed by atoms with Gasteiger partial charge in [-0.2, -0.15) is 12.6 Å². The lowest BCUT2D eigenvalue weighted by Gasteiger charge is -2.42. The fraction of sp³-hybridized carbons (Fsp3) is 0.667. The van der Waals surface area contributed by atoms with Gasteiger partial charge in [-0.25, -0.2) is 0 Å². The highest BCUT2D eigenvalue weighted by Gasteiger charge is 2.42. The summed E-state index contributed by atoms with van der Waals surface area (Å²) in [5.41, 5.74) is 4.19. The highest BCUT2D eigenvalue weighted by Crippen LogP contribution is 2.30. The van der Waals surface area contributed by atoms with Gasteiger partial charge >= 0.3 is 0 Å². The summed E-state index contributed by atoms with van der Waals surface area (Å²) in [6.45, 7) is 17.4. The SMILES string of the molecule is CC.CC(C)(CC(C)(N)C(=O)NC(C)(C)C(C)(C)S)Oc1ccccc1. The molecular weight excluding hydrogens is 344 g/mol.